The van der Waals surface area contributed by atoms with Gasteiger partial charge in [-0.3, -0.25) is 14.4 Å². The van der Waals surface area contributed by atoms with Crippen LogP contribution in [-0.4, -0.2) is 340 Å². The van der Waals surface area contributed by atoms with Crippen molar-refractivity contribution in [2.75, 3.05) is 39.6 Å². The van der Waals surface area contributed by atoms with Gasteiger partial charge in [-0.2, -0.15) is 0 Å². The normalized spacial score (nSPS) is 37.4. The summed E-state index contributed by atoms with van der Waals surface area (Å²) in [5.41, 5.74) is 0. The molecule has 6 saturated heterocycles. The number of ether oxygens (including phenoxy) is 12. The van der Waals surface area contributed by atoms with Crippen LogP contribution in [0.2, 0.25) is 0 Å². The number of aliphatic hydroxyl groups is 17. The van der Waals surface area contributed by atoms with Crippen LogP contribution in [0.4, 0.5) is 0 Å². The fourth-order valence-corrected chi connectivity index (χ4v) is 15.0. The van der Waals surface area contributed by atoms with Gasteiger partial charge in [0.25, 0.3) is 0 Å². The van der Waals surface area contributed by atoms with E-state index in [2.05, 4.69) is 29.8 Å². The van der Waals surface area contributed by atoms with Gasteiger partial charge in [-0.05, 0) is 26.2 Å². The Morgan fingerprint density at radius 1 is 0.369 bits per heavy atom. The molecule has 32 atom stereocenters. The number of allylic oxidation sites excluding steroid dienone is 1. The van der Waals surface area contributed by atoms with E-state index in [4.69, 9.17) is 56.8 Å². The Morgan fingerprint density at radius 3 is 1.27 bits per heavy atom. The summed E-state index contributed by atoms with van der Waals surface area (Å²) < 4.78 is 72.6. The van der Waals surface area contributed by atoms with Crippen molar-refractivity contribution >= 4 is 17.7 Å². The van der Waals surface area contributed by atoms with E-state index < -0.39 is 248 Å². The molecule has 6 aliphatic rings. The van der Waals surface area contributed by atoms with Gasteiger partial charge in [-0.1, -0.05) is 180 Å². The summed E-state index contributed by atoms with van der Waals surface area (Å²) >= 11 is 0. The molecule has 0 aromatic carbocycles. The lowest BCUT2D eigenvalue weighted by Crippen LogP contribution is -2.71. The molecular weight excluding hydrogens is 1470 g/mol. The van der Waals surface area contributed by atoms with E-state index in [1.165, 1.54) is 116 Å². The summed E-state index contributed by atoms with van der Waals surface area (Å²) in [6.07, 6.45) is -21.2. The Kier molecular flexibility index (Phi) is 44.8. The van der Waals surface area contributed by atoms with E-state index >= 15 is 0 Å². The van der Waals surface area contributed by atoms with E-state index in [9.17, 15) is 101 Å². The number of carbonyl (C=O) groups is 3. The average molecular weight is 1600 g/mol. The number of carbonyl (C=O) groups excluding carboxylic acids is 3. The number of hydrogen-bond acceptors (Lipinski definition) is 32. The molecule has 648 valence electrons. The molecule has 6 aliphatic heterocycles. The Hall–Kier alpha value is -3.01. The molecule has 12 unspecified atom stereocenters. The summed E-state index contributed by atoms with van der Waals surface area (Å²) in [6, 6.07) is -4.68. The van der Waals surface area contributed by atoms with Crippen LogP contribution in [0.25, 0.3) is 0 Å². The zero-order chi connectivity index (χ0) is 81.3. The highest BCUT2D eigenvalue weighted by Crippen LogP contribution is 2.39. The minimum Gasteiger partial charge on any atom is -0.394 e. The second-order valence-electron chi connectivity index (χ2n) is 30.6. The van der Waals surface area contributed by atoms with Crippen LogP contribution in [0.15, 0.2) is 12.2 Å². The van der Waals surface area contributed by atoms with E-state index in [0.29, 0.717) is 12.8 Å². The third kappa shape index (κ3) is 29.5. The zero-order valence-electron chi connectivity index (χ0n) is 65.4. The third-order valence-corrected chi connectivity index (χ3v) is 21.7. The van der Waals surface area contributed by atoms with Crippen molar-refractivity contribution in [3.8, 4) is 0 Å². The first-order valence-electron chi connectivity index (χ1n) is 40.8. The molecule has 20 N–H and O–H groups in total. The Labute approximate surface area is 651 Å². The molecule has 3 amide bonds. The van der Waals surface area contributed by atoms with Gasteiger partial charge in [-0.15, -0.1) is 0 Å². The Balaban J connectivity index is 1.17. The van der Waals surface area contributed by atoms with Crippen LogP contribution in [-0.2, 0) is 71.2 Å². The van der Waals surface area contributed by atoms with Crippen molar-refractivity contribution in [2.45, 2.75) is 411 Å². The fraction of sp³-hybridized carbons (Fsp3) is 0.934. The van der Waals surface area contributed by atoms with E-state index in [1.54, 1.807) is 6.08 Å². The Morgan fingerprint density at radius 2 is 0.757 bits per heavy atom. The predicted octanol–water partition coefficient (Wildman–Crippen LogP) is -1.40. The monoisotopic (exact) mass is 1600 g/mol. The smallest absolute Gasteiger partial charge is 0.220 e. The van der Waals surface area contributed by atoms with E-state index in [1.807, 2.05) is 6.08 Å². The minimum atomic E-state index is -2.25. The molecule has 0 aliphatic carbocycles. The molecule has 0 aromatic heterocycles. The highest BCUT2D eigenvalue weighted by Gasteiger charge is 2.59. The van der Waals surface area contributed by atoms with Crippen LogP contribution >= 0.6 is 0 Å². The van der Waals surface area contributed by atoms with Crippen molar-refractivity contribution < 1.29 is 158 Å². The first kappa shape index (κ1) is 96.8. The average Bonchev–Trinajstić information content (AvgIpc) is 0.762. The zero-order valence-corrected chi connectivity index (χ0v) is 65.4. The predicted molar refractivity (Wildman–Crippen MR) is 392 cm³/mol. The molecule has 0 spiro atoms. The van der Waals surface area contributed by atoms with Gasteiger partial charge in [0.2, 0.25) is 17.7 Å². The number of aliphatic hydroxyl groups excluding tert-OH is 17. The maximum atomic E-state index is 13.6. The molecule has 0 radical (unpaired) electrons. The number of nitrogens with one attached hydrogen (secondary N) is 3. The van der Waals surface area contributed by atoms with Crippen LogP contribution in [0, 0.1) is 0 Å². The Bertz CT molecular complexity index is 2580. The maximum Gasteiger partial charge on any atom is 0.220 e. The van der Waals surface area contributed by atoms with Gasteiger partial charge in [0, 0.05) is 20.3 Å². The molecule has 35 nitrogen and oxygen atoms in total. The topological polar surface area (TPSA) is 542 Å². The fourth-order valence-electron chi connectivity index (χ4n) is 15.0. The highest BCUT2D eigenvalue weighted by atomic mass is 16.8. The molecule has 0 aromatic rings. The summed E-state index contributed by atoms with van der Waals surface area (Å²) in [4.78, 5) is 39.4. The summed E-state index contributed by atoms with van der Waals surface area (Å²) in [5.74, 6) is -2.06. The summed E-state index contributed by atoms with van der Waals surface area (Å²) in [7, 11) is 0. The molecule has 6 heterocycles. The molecule has 35 heteroatoms. The first-order valence-corrected chi connectivity index (χ1v) is 40.8. The molecular formula is C76H137N3O32. The largest absolute Gasteiger partial charge is 0.394 e. The second-order valence-corrected chi connectivity index (χ2v) is 30.6. The lowest BCUT2D eigenvalue weighted by atomic mass is 9.93. The number of amides is 3. The summed E-state index contributed by atoms with van der Waals surface area (Å²) in [5, 5.41) is 199. The van der Waals surface area contributed by atoms with Crippen LogP contribution in [0.3, 0.4) is 0 Å². The van der Waals surface area contributed by atoms with E-state index in [0.717, 1.165) is 65.2 Å². The van der Waals surface area contributed by atoms with Crippen LogP contribution < -0.4 is 16.0 Å². The van der Waals surface area contributed by atoms with Gasteiger partial charge < -0.3 is 160 Å². The number of hydrogen-bond donors (Lipinski definition) is 20. The maximum absolute atomic E-state index is 13.6. The third-order valence-electron chi connectivity index (χ3n) is 21.7. The van der Waals surface area contributed by atoms with Crippen molar-refractivity contribution in [3.05, 3.63) is 12.2 Å². The molecule has 6 fully saturated rings. The highest BCUT2D eigenvalue weighted by molar-refractivity contribution is 5.76. The molecule has 111 heavy (non-hydrogen) atoms. The van der Waals surface area contributed by atoms with Gasteiger partial charge in [0.05, 0.1) is 57.9 Å². The lowest BCUT2D eigenvalue weighted by molar-refractivity contribution is -0.401. The van der Waals surface area contributed by atoms with E-state index in [-0.39, 0.29) is 12.3 Å². The van der Waals surface area contributed by atoms with Gasteiger partial charge >= 0.3 is 0 Å². The van der Waals surface area contributed by atoms with Crippen molar-refractivity contribution in [2.24, 2.45) is 0 Å². The second kappa shape index (κ2) is 51.4. The van der Waals surface area contributed by atoms with Crippen molar-refractivity contribution in [3.63, 3.8) is 0 Å². The quantitative estimate of drug-likeness (QED) is 0.0246. The number of rotatable bonds is 51. The van der Waals surface area contributed by atoms with Crippen LogP contribution in [0.1, 0.15) is 214 Å². The number of unbranched alkanes of at least 4 members (excludes halogenated alkanes) is 25. The van der Waals surface area contributed by atoms with Gasteiger partial charge in [0.15, 0.2) is 37.7 Å². The summed E-state index contributed by atoms with van der Waals surface area (Å²) in [6.45, 7) is 2.21. The van der Waals surface area contributed by atoms with Crippen LogP contribution in [0.5, 0.6) is 0 Å². The lowest BCUT2D eigenvalue weighted by Gasteiger charge is -2.52. The van der Waals surface area contributed by atoms with Gasteiger partial charge in [0.1, 0.15) is 140 Å². The first-order chi connectivity index (χ1) is 53.3. The minimum absolute atomic E-state index is 0.169. The molecule has 0 bridgehead atoms. The SMILES string of the molecule is CCCCCCCCCCCCC/C=C/[C@@H](O)[C@H](CO[C@@H]1OC(CO)[C@@H](O[C@@H]2OC(CO)[C@H](O)[C@H](O[C@@H]3OC(CO)[C@@H](O)[C@H](O[C@@H]4OC(CO)[C@H](O)[C@H](O[C@H]5OC(CO)[C@H](O)[C@H](O)C5NC(C)=O)C4O[C@H]4OC(C)[C@@H](O)C(O)[C@@H]4O)C3NC(C)=O)C2O)[C@H](O)C1O)NC(=O)CCCCCCCCCCCCCCCCC. The van der Waals surface area contributed by atoms with Gasteiger partial charge in [-0.25, -0.2) is 0 Å². The standard InChI is InChI=1S/C76H137N3O32/c1-6-8-10-12-14-16-18-20-21-23-25-27-29-31-33-35-52(88)79-45(46(87)34-32-30-28-26-24-22-19-17-15-13-11-9-7-2)41-100-73-64(98)62(96)66(51(40-84)106-73)107-75-65(99)68(58(92)49(38-82)104-75)109-72-54(78-44(5)86)67(57(91)48(37-81)103-72)108-76-70(111-74-63(97)61(95)55(89)42(3)101-74)69(59(93)50(39-83)105-76)110-71-53(77-43(4)85)60(94)56(90)47(36-80)102-71/h32,34,42,45-51,53-76,80-84,87,89-99H,6-31,33,35-41H2,1-5H3,(H,77,85)(H,78,86)(H,79,88)/b34-32+/t42?,45-,46+,47?,48?,49?,50?,51?,53?,54?,55+,56-,57+,58-,59-,60+,61?,62+,63-,64?,65?,66+,67+,68-,69-,70?,71+,72-,73+,74+,75-,76-/m0/s1. The van der Waals surface area contributed by atoms with Crippen molar-refractivity contribution in [1.82, 2.24) is 16.0 Å². The molecule has 6 rings (SSSR count). The molecule has 0 saturated carbocycles. The van der Waals surface area contributed by atoms with Crippen molar-refractivity contribution in [1.29, 1.82) is 0 Å².